The summed E-state index contributed by atoms with van der Waals surface area (Å²) in [4.78, 5) is 22.4. The lowest BCUT2D eigenvalue weighted by Crippen LogP contribution is -2.18. The van der Waals surface area contributed by atoms with Gasteiger partial charge in [0.25, 0.3) is 5.69 Å². The largest absolute Gasteiger partial charge is 0.478 e. The van der Waals surface area contributed by atoms with E-state index < -0.39 is 17.0 Å². The molecular weight excluding hydrogens is 504 g/mol. The molecule has 4 rings (SSSR count). The molecule has 9 nitrogen and oxygen atoms in total. The van der Waals surface area contributed by atoms with Crippen molar-refractivity contribution < 1.29 is 19.6 Å². The SMILES string of the molecule is CCCCc1cc(-c2nnc(SCc3ccc([N+](=O)[O-])cc3)n2C)ccc1OC(C(=O)O)c1ccccc1. The highest BCUT2D eigenvalue weighted by atomic mass is 32.2. The van der Waals surface area contributed by atoms with Gasteiger partial charge in [0.15, 0.2) is 11.0 Å². The second kappa shape index (κ2) is 12.4. The third kappa shape index (κ3) is 6.38. The minimum atomic E-state index is -1.11. The summed E-state index contributed by atoms with van der Waals surface area (Å²) >= 11 is 1.49. The summed E-state index contributed by atoms with van der Waals surface area (Å²) < 4.78 is 7.94. The predicted molar refractivity (Wildman–Crippen MR) is 145 cm³/mol. The van der Waals surface area contributed by atoms with E-state index >= 15 is 0 Å². The lowest BCUT2D eigenvalue weighted by Gasteiger charge is -2.19. The number of hydrogen-bond donors (Lipinski definition) is 1. The van der Waals surface area contributed by atoms with Crippen LogP contribution in [0.2, 0.25) is 0 Å². The van der Waals surface area contributed by atoms with Crippen LogP contribution in [-0.4, -0.2) is 30.8 Å². The molecular formula is C28H28N4O5S. The maximum absolute atomic E-state index is 12.0. The molecule has 1 aromatic heterocycles. The first-order valence-electron chi connectivity index (χ1n) is 12.2. The number of carboxylic acid groups (broad SMARTS) is 1. The number of aliphatic carboxylic acids is 1. The fourth-order valence-corrected chi connectivity index (χ4v) is 4.83. The van der Waals surface area contributed by atoms with E-state index in [1.807, 2.05) is 29.8 Å². The highest BCUT2D eigenvalue weighted by molar-refractivity contribution is 7.98. The first kappa shape index (κ1) is 26.9. The van der Waals surface area contributed by atoms with Crippen molar-refractivity contribution in [2.24, 2.45) is 7.05 Å². The number of nitro groups is 1. The van der Waals surface area contributed by atoms with E-state index in [9.17, 15) is 20.0 Å². The number of unbranched alkanes of at least 4 members (excludes halogenated alkanes) is 1. The normalized spacial score (nSPS) is 11.7. The van der Waals surface area contributed by atoms with Gasteiger partial charge in [-0.1, -0.05) is 67.6 Å². The molecule has 1 unspecified atom stereocenters. The van der Waals surface area contributed by atoms with Gasteiger partial charge in [-0.25, -0.2) is 4.79 Å². The summed E-state index contributed by atoms with van der Waals surface area (Å²) in [5.74, 6) is 0.755. The zero-order valence-corrected chi connectivity index (χ0v) is 21.9. The Hall–Kier alpha value is -4.18. The van der Waals surface area contributed by atoms with Gasteiger partial charge in [-0.3, -0.25) is 10.1 Å². The Balaban J connectivity index is 1.55. The van der Waals surface area contributed by atoms with Gasteiger partial charge in [-0.05, 0) is 42.2 Å². The van der Waals surface area contributed by atoms with Gasteiger partial charge in [0.2, 0.25) is 6.10 Å². The molecule has 0 spiro atoms. The quantitative estimate of drug-likeness (QED) is 0.129. The number of aromatic nitrogens is 3. The number of ether oxygens (including phenoxy) is 1. The summed E-state index contributed by atoms with van der Waals surface area (Å²) in [6, 6.07) is 21.0. The minimum Gasteiger partial charge on any atom is -0.478 e. The Labute approximate surface area is 224 Å². The number of non-ortho nitro benzene ring substituents is 1. The van der Waals surface area contributed by atoms with Gasteiger partial charge in [0.05, 0.1) is 4.92 Å². The van der Waals surface area contributed by atoms with Crippen LogP contribution < -0.4 is 4.74 Å². The summed E-state index contributed by atoms with van der Waals surface area (Å²) in [7, 11) is 1.89. The van der Waals surface area contributed by atoms with Crippen molar-refractivity contribution in [2.75, 3.05) is 0 Å². The number of rotatable bonds is 12. The third-order valence-corrected chi connectivity index (χ3v) is 7.13. The number of nitrogens with zero attached hydrogens (tertiary/aromatic N) is 4. The van der Waals surface area contributed by atoms with Gasteiger partial charge in [-0.2, -0.15) is 0 Å². The standard InChI is InChI=1S/C28H28N4O5S/c1-3-4-8-21-17-22(13-16-24(21)37-25(27(33)34)20-9-6-5-7-10-20)26-29-30-28(31(26)2)38-18-19-11-14-23(15-12-19)32(35)36/h5-7,9-17,25H,3-4,8,18H2,1-2H3,(H,33,34). The third-order valence-electron chi connectivity index (χ3n) is 6.04. The maximum Gasteiger partial charge on any atom is 0.349 e. The number of nitro benzene ring substituents is 1. The summed E-state index contributed by atoms with van der Waals surface area (Å²) in [5.41, 5.74) is 3.35. The highest BCUT2D eigenvalue weighted by Crippen LogP contribution is 2.32. The van der Waals surface area contributed by atoms with Gasteiger partial charge in [0, 0.05) is 36.1 Å². The fraction of sp³-hybridized carbons (Fsp3) is 0.250. The van der Waals surface area contributed by atoms with E-state index in [-0.39, 0.29) is 5.69 Å². The molecule has 10 heteroatoms. The maximum atomic E-state index is 12.0. The van der Waals surface area contributed by atoms with Crippen molar-refractivity contribution in [3.63, 3.8) is 0 Å². The first-order chi connectivity index (χ1) is 18.4. The van der Waals surface area contributed by atoms with Crippen LogP contribution in [0, 0.1) is 10.1 Å². The highest BCUT2D eigenvalue weighted by Gasteiger charge is 2.23. The number of hydrogen-bond acceptors (Lipinski definition) is 7. The van der Waals surface area contributed by atoms with Gasteiger partial charge in [0.1, 0.15) is 5.75 Å². The van der Waals surface area contributed by atoms with Gasteiger partial charge < -0.3 is 14.4 Å². The number of carbonyl (C=O) groups is 1. The molecule has 0 aliphatic heterocycles. The van der Waals surface area contributed by atoms with E-state index in [2.05, 4.69) is 17.1 Å². The lowest BCUT2D eigenvalue weighted by molar-refractivity contribution is -0.384. The second-order valence-corrected chi connectivity index (χ2v) is 9.69. The van der Waals surface area contributed by atoms with Gasteiger partial charge in [-0.15, -0.1) is 10.2 Å². The van der Waals surface area contributed by atoms with Crippen LogP contribution in [0.1, 0.15) is 42.6 Å². The number of thioether (sulfide) groups is 1. The van der Waals surface area contributed by atoms with Crippen LogP contribution in [0.3, 0.4) is 0 Å². The van der Waals surface area contributed by atoms with Crippen LogP contribution in [0.15, 0.2) is 78.0 Å². The minimum absolute atomic E-state index is 0.0597. The van der Waals surface area contributed by atoms with Gasteiger partial charge >= 0.3 is 5.97 Å². The molecule has 4 aromatic rings. The van der Waals surface area contributed by atoms with E-state index in [1.54, 1.807) is 42.5 Å². The van der Waals surface area contributed by atoms with E-state index in [0.29, 0.717) is 28.0 Å². The Bertz CT molecular complexity index is 1410. The molecule has 0 saturated heterocycles. The number of carboxylic acids is 1. The molecule has 1 atom stereocenters. The lowest BCUT2D eigenvalue weighted by atomic mass is 10.0. The van der Waals surface area contributed by atoms with Crippen molar-refractivity contribution in [3.8, 4) is 17.1 Å². The molecule has 0 aliphatic carbocycles. The molecule has 0 saturated carbocycles. The molecule has 38 heavy (non-hydrogen) atoms. The molecule has 0 bridgehead atoms. The van der Waals surface area contributed by atoms with Crippen LogP contribution in [0.5, 0.6) is 5.75 Å². The van der Waals surface area contributed by atoms with E-state index in [0.717, 1.165) is 36.0 Å². The Morgan fingerprint density at radius 2 is 1.84 bits per heavy atom. The molecule has 3 aromatic carbocycles. The number of aryl methyl sites for hydroxylation is 1. The van der Waals surface area contributed by atoms with Crippen LogP contribution >= 0.6 is 11.8 Å². The van der Waals surface area contributed by atoms with Crippen LogP contribution in [-0.2, 0) is 24.0 Å². The Kier molecular flexibility index (Phi) is 8.75. The summed E-state index contributed by atoms with van der Waals surface area (Å²) in [6.45, 7) is 2.10. The molecule has 196 valence electrons. The van der Waals surface area contributed by atoms with Crippen LogP contribution in [0.4, 0.5) is 5.69 Å². The topological polar surface area (TPSA) is 120 Å². The molecule has 0 radical (unpaired) electrons. The Morgan fingerprint density at radius 3 is 2.50 bits per heavy atom. The van der Waals surface area contributed by atoms with Crippen molar-refractivity contribution in [3.05, 3.63) is 99.6 Å². The predicted octanol–water partition coefficient (Wildman–Crippen LogP) is 6.23. The van der Waals surface area contributed by atoms with E-state index in [1.165, 1.54) is 23.9 Å². The van der Waals surface area contributed by atoms with Crippen molar-refractivity contribution >= 4 is 23.4 Å². The molecule has 0 amide bonds. The molecule has 0 fully saturated rings. The average Bonchev–Trinajstić information content (AvgIpc) is 3.30. The average molecular weight is 533 g/mol. The van der Waals surface area contributed by atoms with Crippen LogP contribution in [0.25, 0.3) is 11.4 Å². The molecule has 1 heterocycles. The zero-order chi connectivity index (χ0) is 27.1. The number of benzene rings is 3. The fourth-order valence-electron chi connectivity index (χ4n) is 3.97. The van der Waals surface area contributed by atoms with Crippen molar-refractivity contribution in [2.45, 2.75) is 43.2 Å². The monoisotopic (exact) mass is 532 g/mol. The second-order valence-electron chi connectivity index (χ2n) is 8.75. The molecule has 0 aliphatic rings. The zero-order valence-electron chi connectivity index (χ0n) is 21.1. The van der Waals surface area contributed by atoms with Crippen molar-refractivity contribution in [1.82, 2.24) is 14.8 Å². The smallest absolute Gasteiger partial charge is 0.349 e. The van der Waals surface area contributed by atoms with Crippen molar-refractivity contribution in [1.29, 1.82) is 0 Å². The van der Waals surface area contributed by atoms with E-state index in [4.69, 9.17) is 4.74 Å². The summed E-state index contributed by atoms with van der Waals surface area (Å²) in [5, 5.41) is 30.1. The first-order valence-corrected chi connectivity index (χ1v) is 13.2. The Morgan fingerprint density at radius 1 is 1.11 bits per heavy atom. The molecule has 1 N–H and O–H groups in total. The summed E-state index contributed by atoms with van der Waals surface area (Å²) in [6.07, 6.45) is 1.54.